The Morgan fingerprint density at radius 2 is 1.92 bits per heavy atom. The molecule has 1 N–H and O–H groups in total. The lowest BCUT2D eigenvalue weighted by Crippen LogP contribution is -2.70. The molecule has 4 saturated heterocycles. The molecule has 25 heavy (non-hydrogen) atoms. The van der Waals surface area contributed by atoms with Crippen LogP contribution in [0.1, 0.15) is 59.3 Å². The first-order chi connectivity index (χ1) is 12.0. The van der Waals surface area contributed by atoms with Crippen molar-refractivity contribution in [2.24, 2.45) is 23.7 Å². The van der Waals surface area contributed by atoms with E-state index in [4.69, 9.17) is 29.1 Å². The van der Waals surface area contributed by atoms with Gasteiger partial charge in [0, 0.05) is 31.5 Å². The van der Waals surface area contributed by atoms with Gasteiger partial charge >= 0.3 is 0 Å². The Bertz CT molecular complexity index is 487. The largest absolute Gasteiger partial charge is 0.396 e. The standard InChI is InChI=1S/C19H32O6/c1-12-6-7-15-13(2)16(21-11-5-4-10-20)22-17-19(15)14(12)8-9-18(3,23-17)24-25-19/h12-17,20H,4-11H2,1-3H3/t12-,13-,14+,15+,16+,17-,18?,19-/m1/s1. The summed E-state index contributed by atoms with van der Waals surface area (Å²) in [5.74, 6) is 0.745. The van der Waals surface area contributed by atoms with Crippen molar-refractivity contribution in [2.45, 2.75) is 83.3 Å². The van der Waals surface area contributed by atoms with Gasteiger partial charge in [0.05, 0.1) is 0 Å². The zero-order chi connectivity index (χ0) is 17.7. The van der Waals surface area contributed by atoms with Crippen molar-refractivity contribution in [3.63, 3.8) is 0 Å². The predicted molar refractivity (Wildman–Crippen MR) is 89.1 cm³/mol. The molecule has 5 aliphatic rings. The van der Waals surface area contributed by atoms with Crippen LogP contribution in [-0.2, 0) is 24.0 Å². The summed E-state index contributed by atoms with van der Waals surface area (Å²) in [6.45, 7) is 7.25. The summed E-state index contributed by atoms with van der Waals surface area (Å²) < 4.78 is 18.7. The normalized spacial score (nSPS) is 51.8. The number of fused-ring (bicyclic) bond motifs is 2. The van der Waals surface area contributed by atoms with E-state index in [-0.39, 0.29) is 18.8 Å². The summed E-state index contributed by atoms with van der Waals surface area (Å²) >= 11 is 0. The number of aliphatic hydroxyl groups excluding tert-OH is 1. The molecule has 0 aromatic rings. The van der Waals surface area contributed by atoms with E-state index < -0.39 is 17.7 Å². The van der Waals surface area contributed by atoms with Crippen molar-refractivity contribution in [3.05, 3.63) is 0 Å². The topological polar surface area (TPSA) is 66.4 Å². The SMILES string of the molecule is C[C@H]1[C@@H](OCCCCO)O[C@@H]2OC3(C)CC[C@H]4[C@H](C)CC[C@@H]1[C@@]24OO3. The minimum atomic E-state index is -0.737. The number of hydrogen-bond acceptors (Lipinski definition) is 6. The molecule has 1 unspecified atom stereocenters. The van der Waals surface area contributed by atoms with Crippen molar-refractivity contribution in [1.29, 1.82) is 0 Å². The van der Waals surface area contributed by atoms with Crippen LogP contribution in [0.25, 0.3) is 0 Å². The molecule has 0 radical (unpaired) electrons. The minimum absolute atomic E-state index is 0.199. The van der Waals surface area contributed by atoms with Gasteiger partial charge in [-0.3, -0.25) is 0 Å². The molecule has 4 aliphatic heterocycles. The molecular formula is C19H32O6. The van der Waals surface area contributed by atoms with E-state index >= 15 is 0 Å². The molecule has 0 aromatic heterocycles. The highest BCUT2D eigenvalue weighted by Crippen LogP contribution is 2.60. The van der Waals surface area contributed by atoms with Gasteiger partial charge in [0.1, 0.15) is 0 Å². The Kier molecular flexibility index (Phi) is 4.88. The van der Waals surface area contributed by atoms with E-state index in [0.29, 0.717) is 24.4 Å². The Balaban J connectivity index is 1.58. The van der Waals surface area contributed by atoms with Gasteiger partial charge in [0.2, 0.25) is 5.79 Å². The Morgan fingerprint density at radius 3 is 2.72 bits per heavy atom. The molecule has 6 heteroatoms. The van der Waals surface area contributed by atoms with Gasteiger partial charge in [-0.15, -0.1) is 0 Å². The molecule has 1 spiro atoms. The summed E-state index contributed by atoms with van der Waals surface area (Å²) in [7, 11) is 0. The molecule has 144 valence electrons. The van der Waals surface area contributed by atoms with E-state index in [1.807, 2.05) is 6.92 Å². The van der Waals surface area contributed by atoms with Crippen LogP contribution in [0.5, 0.6) is 0 Å². The second kappa shape index (κ2) is 6.73. The molecule has 8 atom stereocenters. The van der Waals surface area contributed by atoms with Crippen LogP contribution in [-0.4, -0.2) is 42.3 Å². The lowest BCUT2D eigenvalue weighted by atomic mass is 9.58. The lowest BCUT2D eigenvalue weighted by Gasteiger charge is -2.60. The molecule has 6 nitrogen and oxygen atoms in total. The van der Waals surface area contributed by atoms with Crippen molar-refractivity contribution >= 4 is 0 Å². The van der Waals surface area contributed by atoms with Gasteiger partial charge in [-0.05, 0) is 50.9 Å². The Hall–Kier alpha value is -0.240. The summed E-state index contributed by atoms with van der Waals surface area (Å²) in [6.07, 6.45) is 5.01. The smallest absolute Gasteiger partial charge is 0.201 e. The number of aliphatic hydroxyl groups is 1. The van der Waals surface area contributed by atoms with E-state index in [0.717, 1.165) is 32.1 Å². The first kappa shape index (κ1) is 18.1. The number of hydrogen-bond donors (Lipinski definition) is 1. The van der Waals surface area contributed by atoms with Crippen molar-refractivity contribution < 1.29 is 29.1 Å². The quantitative estimate of drug-likeness (QED) is 0.603. The van der Waals surface area contributed by atoms with Crippen LogP contribution in [0.4, 0.5) is 0 Å². The van der Waals surface area contributed by atoms with Crippen LogP contribution >= 0.6 is 0 Å². The number of unbranched alkanes of at least 4 members (excludes halogenated alkanes) is 1. The maximum atomic E-state index is 8.94. The summed E-state index contributed by atoms with van der Waals surface area (Å²) in [6, 6.07) is 0. The lowest BCUT2D eigenvalue weighted by molar-refractivity contribution is -0.577. The monoisotopic (exact) mass is 356 g/mol. The van der Waals surface area contributed by atoms with E-state index in [1.54, 1.807) is 0 Å². The average molecular weight is 356 g/mol. The van der Waals surface area contributed by atoms with Crippen LogP contribution in [0, 0.1) is 23.7 Å². The maximum absolute atomic E-state index is 8.94. The third kappa shape index (κ3) is 2.86. The average Bonchev–Trinajstić information content (AvgIpc) is 2.82. The summed E-state index contributed by atoms with van der Waals surface area (Å²) in [5, 5.41) is 8.94. The highest BCUT2D eigenvalue weighted by Gasteiger charge is 2.69. The second-order valence-corrected chi connectivity index (χ2v) is 8.58. The Morgan fingerprint density at radius 1 is 1.08 bits per heavy atom. The van der Waals surface area contributed by atoms with E-state index in [1.165, 1.54) is 6.42 Å². The van der Waals surface area contributed by atoms with Gasteiger partial charge < -0.3 is 19.3 Å². The van der Waals surface area contributed by atoms with Crippen molar-refractivity contribution in [3.8, 4) is 0 Å². The van der Waals surface area contributed by atoms with Crippen molar-refractivity contribution in [2.75, 3.05) is 13.2 Å². The van der Waals surface area contributed by atoms with Crippen LogP contribution in [0.3, 0.4) is 0 Å². The molecule has 0 aromatic carbocycles. The number of ether oxygens (including phenoxy) is 3. The second-order valence-electron chi connectivity index (χ2n) is 8.58. The fraction of sp³-hybridized carbons (Fsp3) is 1.00. The van der Waals surface area contributed by atoms with Gasteiger partial charge in [0.25, 0.3) is 0 Å². The fourth-order valence-electron chi connectivity index (χ4n) is 5.48. The third-order valence-electron chi connectivity index (χ3n) is 6.93. The van der Waals surface area contributed by atoms with E-state index in [9.17, 15) is 0 Å². The molecule has 1 aliphatic carbocycles. The van der Waals surface area contributed by atoms with Crippen molar-refractivity contribution in [1.82, 2.24) is 0 Å². The van der Waals surface area contributed by atoms with Crippen LogP contribution in [0.15, 0.2) is 0 Å². The van der Waals surface area contributed by atoms with Crippen LogP contribution in [0.2, 0.25) is 0 Å². The maximum Gasteiger partial charge on any atom is 0.201 e. The van der Waals surface area contributed by atoms with E-state index in [2.05, 4.69) is 13.8 Å². The highest BCUT2D eigenvalue weighted by molar-refractivity contribution is 5.09. The van der Waals surface area contributed by atoms with Crippen LogP contribution < -0.4 is 0 Å². The van der Waals surface area contributed by atoms with Gasteiger partial charge in [-0.2, -0.15) is 0 Å². The first-order valence-electron chi connectivity index (χ1n) is 9.93. The fourth-order valence-corrected chi connectivity index (χ4v) is 5.48. The zero-order valence-electron chi connectivity index (χ0n) is 15.6. The first-order valence-corrected chi connectivity index (χ1v) is 9.93. The summed E-state index contributed by atoms with van der Waals surface area (Å²) in [4.78, 5) is 11.9. The Labute approximate surface area is 150 Å². The molecule has 4 heterocycles. The molecular weight excluding hydrogens is 324 g/mol. The molecule has 0 amide bonds. The van der Waals surface area contributed by atoms with Gasteiger partial charge in [-0.1, -0.05) is 13.8 Å². The van der Waals surface area contributed by atoms with Gasteiger partial charge in [-0.25, -0.2) is 9.78 Å². The highest BCUT2D eigenvalue weighted by atomic mass is 17.3. The van der Waals surface area contributed by atoms with Gasteiger partial charge in [0.15, 0.2) is 18.2 Å². The molecule has 2 bridgehead atoms. The molecule has 5 fully saturated rings. The predicted octanol–water partition coefficient (Wildman–Crippen LogP) is 2.98. The molecule has 5 rings (SSSR count). The minimum Gasteiger partial charge on any atom is -0.396 e. The zero-order valence-corrected chi connectivity index (χ0v) is 15.6. The number of rotatable bonds is 5. The third-order valence-corrected chi connectivity index (χ3v) is 6.93. The summed E-state index contributed by atoms with van der Waals surface area (Å²) in [5.41, 5.74) is -0.516. The molecule has 1 saturated carbocycles.